The van der Waals surface area contributed by atoms with E-state index in [1.54, 1.807) is 20.1 Å². The Hall–Kier alpha value is -1.62. The molecule has 1 aromatic heterocycles. The summed E-state index contributed by atoms with van der Waals surface area (Å²) in [5, 5.41) is 12.6. The van der Waals surface area contributed by atoms with Crippen LogP contribution in [0.4, 0.5) is 0 Å². The number of hydrogen-bond acceptors (Lipinski definition) is 7. The van der Waals surface area contributed by atoms with Crippen LogP contribution in [0, 0.1) is 0 Å². The number of benzene rings is 1. The fourth-order valence-electron chi connectivity index (χ4n) is 3.42. The van der Waals surface area contributed by atoms with Crippen molar-refractivity contribution < 1.29 is 17.9 Å². The van der Waals surface area contributed by atoms with Gasteiger partial charge in [0.05, 0.1) is 27.8 Å². The van der Waals surface area contributed by atoms with Crippen molar-refractivity contribution in [2.45, 2.75) is 37.0 Å². The van der Waals surface area contributed by atoms with E-state index in [1.807, 2.05) is 22.8 Å². The van der Waals surface area contributed by atoms with E-state index in [0.29, 0.717) is 35.6 Å². The summed E-state index contributed by atoms with van der Waals surface area (Å²) in [7, 11) is -1.45. The molecule has 0 spiro atoms. The minimum Gasteiger partial charge on any atom is -0.385 e. The van der Waals surface area contributed by atoms with E-state index in [-0.39, 0.29) is 23.2 Å². The van der Waals surface area contributed by atoms with E-state index in [1.165, 1.54) is 11.8 Å². The number of thioether (sulfide) groups is 1. The number of ether oxygens (including phenoxy) is 1. The highest BCUT2D eigenvalue weighted by Crippen LogP contribution is 2.30. The third kappa shape index (κ3) is 5.75. The van der Waals surface area contributed by atoms with Crippen molar-refractivity contribution in [2.75, 3.05) is 31.0 Å². The maximum Gasteiger partial charge on any atom is 0.230 e. The number of sulfone groups is 1. The minimum absolute atomic E-state index is 0.0275. The maximum atomic E-state index is 12.5. The SMILES string of the molecule is COCCCn1c(SCC(=O)NC2(C)CCS(=O)(=O)C2)nnc1-c1ccccc1Cl. The van der Waals surface area contributed by atoms with Crippen molar-refractivity contribution in [3.8, 4) is 11.4 Å². The summed E-state index contributed by atoms with van der Waals surface area (Å²) in [6.45, 7) is 2.96. The number of carbonyl (C=O) groups excluding carboxylic acids is 1. The molecule has 0 saturated carbocycles. The van der Waals surface area contributed by atoms with E-state index >= 15 is 0 Å². The third-order valence-electron chi connectivity index (χ3n) is 4.84. The highest BCUT2D eigenvalue weighted by molar-refractivity contribution is 7.99. The molecule has 1 aliphatic rings. The van der Waals surface area contributed by atoms with Crippen LogP contribution in [0.5, 0.6) is 0 Å². The molecule has 2 heterocycles. The van der Waals surface area contributed by atoms with Gasteiger partial charge in [0.1, 0.15) is 0 Å². The Morgan fingerprint density at radius 2 is 2.13 bits per heavy atom. The Morgan fingerprint density at radius 1 is 1.37 bits per heavy atom. The van der Waals surface area contributed by atoms with Gasteiger partial charge in [-0.2, -0.15) is 0 Å². The molecule has 1 N–H and O–H groups in total. The largest absolute Gasteiger partial charge is 0.385 e. The number of methoxy groups -OCH3 is 1. The summed E-state index contributed by atoms with van der Waals surface area (Å²) < 4.78 is 30.6. The number of hydrogen-bond donors (Lipinski definition) is 1. The molecule has 1 aliphatic heterocycles. The molecule has 1 atom stereocenters. The van der Waals surface area contributed by atoms with Crippen LogP contribution in [0.3, 0.4) is 0 Å². The smallest absolute Gasteiger partial charge is 0.230 e. The summed E-state index contributed by atoms with van der Waals surface area (Å²) in [6, 6.07) is 7.40. The molecule has 1 unspecified atom stereocenters. The van der Waals surface area contributed by atoms with Crippen LogP contribution in [0.15, 0.2) is 29.4 Å². The van der Waals surface area contributed by atoms with Crippen LogP contribution in [0.1, 0.15) is 19.8 Å². The van der Waals surface area contributed by atoms with Crippen molar-refractivity contribution >= 4 is 39.1 Å². The first-order valence-corrected chi connectivity index (χ1v) is 12.7. The average Bonchev–Trinajstić information content (AvgIpc) is 3.20. The topological polar surface area (TPSA) is 103 Å². The molecular weight excluding hydrogens is 448 g/mol. The Labute approximate surface area is 185 Å². The molecule has 0 bridgehead atoms. The zero-order chi connectivity index (χ0) is 21.8. The van der Waals surface area contributed by atoms with Gasteiger partial charge in [0, 0.05) is 25.8 Å². The lowest BCUT2D eigenvalue weighted by Gasteiger charge is -2.23. The van der Waals surface area contributed by atoms with Crippen molar-refractivity contribution in [1.82, 2.24) is 20.1 Å². The molecule has 3 rings (SSSR count). The molecular formula is C19H25ClN4O4S2. The zero-order valence-electron chi connectivity index (χ0n) is 16.9. The molecule has 30 heavy (non-hydrogen) atoms. The normalized spacial score (nSPS) is 20.4. The van der Waals surface area contributed by atoms with E-state index in [2.05, 4.69) is 15.5 Å². The molecule has 1 amide bonds. The molecule has 2 aromatic rings. The van der Waals surface area contributed by atoms with Crippen molar-refractivity contribution in [2.24, 2.45) is 0 Å². The molecule has 11 heteroatoms. The quantitative estimate of drug-likeness (QED) is 0.441. The molecule has 1 fully saturated rings. The summed E-state index contributed by atoms with van der Waals surface area (Å²) in [5.74, 6) is 0.589. The number of halogens is 1. The van der Waals surface area contributed by atoms with Gasteiger partial charge in [0.25, 0.3) is 0 Å². The predicted octanol–water partition coefficient (Wildman–Crippen LogP) is 2.42. The van der Waals surface area contributed by atoms with Gasteiger partial charge >= 0.3 is 0 Å². The Morgan fingerprint density at radius 3 is 2.80 bits per heavy atom. The Balaban J connectivity index is 1.72. The highest BCUT2D eigenvalue weighted by atomic mass is 35.5. The second kappa shape index (κ2) is 9.67. The maximum absolute atomic E-state index is 12.5. The summed E-state index contributed by atoms with van der Waals surface area (Å²) in [6.07, 6.45) is 1.18. The van der Waals surface area contributed by atoms with E-state index in [9.17, 15) is 13.2 Å². The fourth-order valence-corrected chi connectivity index (χ4v) is 6.50. The summed E-state index contributed by atoms with van der Waals surface area (Å²) in [4.78, 5) is 12.5. The third-order valence-corrected chi connectivity index (χ3v) is 8.04. The van der Waals surface area contributed by atoms with Crippen LogP contribution >= 0.6 is 23.4 Å². The van der Waals surface area contributed by atoms with Crippen LogP contribution in [0.2, 0.25) is 5.02 Å². The van der Waals surface area contributed by atoms with Crippen LogP contribution < -0.4 is 5.32 Å². The van der Waals surface area contributed by atoms with Crippen LogP contribution in [-0.4, -0.2) is 65.6 Å². The zero-order valence-corrected chi connectivity index (χ0v) is 19.3. The number of nitrogens with zero attached hydrogens (tertiary/aromatic N) is 3. The van der Waals surface area contributed by atoms with Gasteiger partial charge < -0.3 is 14.6 Å². The molecule has 164 valence electrons. The van der Waals surface area contributed by atoms with Crippen LogP contribution in [-0.2, 0) is 25.9 Å². The summed E-state index contributed by atoms with van der Waals surface area (Å²) >= 11 is 7.60. The average molecular weight is 473 g/mol. The van der Waals surface area contributed by atoms with Gasteiger partial charge in [-0.1, -0.05) is 35.5 Å². The number of aromatic nitrogens is 3. The lowest BCUT2D eigenvalue weighted by atomic mass is 10.0. The molecule has 1 aromatic carbocycles. The van der Waals surface area contributed by atoms with Gasteiger partial charge in [-0.3, -0.25) is 4.79 Å². The first-order chi connectivity index (χ1) is 14.2. The van der Waals surface area contributed by atoms with E-state index in [4.69, 9.17) is 16.3 Å². The first kappa shape index (κ1) is 23.1. The highest BCUT2D eigenvalue weighted by Gasteiger charge is 2.39. The second-order valence-electron chi connectivity index (χ2n) is 7.52. The minimum atomic E-state index is -3.09. The van der Waals surface area contributed by atoms with E-state index < -0.39 is 15.4 Å². The standard InChI is InChI=1S/C19H25ClN4O4S2/c1-19(8-11-30(26,27)13-19)21-16(25)12-29-18-23-22-17(24(18)9-5-10-28-2)14-6-3-4-7-15(14)20/h3-4,6-7H,5,8-13H2,1-2H3,(H,21,25). The fraction of sp³-hybridized carbons (Fsp3) is 0.526. The summed E-state index contributed by atoms with van der Waals surface area (Å²) in [5.41, 5.74) is 0.0507. The Bertz CT molecular complexity index is 1010. The number of rotatable bonds is 9. The van der Waals surface area contributed by atoms with Gasteiger partial charge in [-0.15, -0.1) is 10.2 Å². The number of amides is 1. The number of nitrogens with one attached hydrogen (secondary N) is 1. The van der Waals surface area contributed by atoms with Gasteiger partial charge in [-0.25, -0.2) is 8.42 Å². The monoisotopic (exact) mass is 472 g/mol. The van der Waals surface area contributed by atoms with Crippen molar-refractivity contribution in [3.63, 3.8) is 0 Å². The molecule has 0 radical (unpaired) electrons. The van der Waals surface area contributed by atoms with Gasteiger partial charge in [0.2, 0.25) is 5.91 Å². The Kier molecular flexibility index (Phi) is 7.43. The first-order valence-electron chi connectivity index (χ1n) is 9.54. The lowest BCUT2D eigenvalue weighted by Crippen LogP contribution is -2.47. The predicted molar refractivity (Wildman–Crippen MR) is 118 cm³/mol. The van der Waals surface area contributed by atoms with Gasteiger partial charge in [0.15, 0.2) is 20.8 Å². The second-order valence-corrected chi connectivity index (χ2v) is 11.1. The van der Waals surface area contributed by atoms with Crippen molar-refractivity contribution in [3.05, 3.63) is 29.3 Å². The van der Waals surface area contributed by atoms with Gasteiger partial charge in [-0.05, 0) is 31.9 Å². The van der Waals surface area contributed by atoms with Crippen molar-refractivity contribution in [1.29, 1.82) is 0 Å². The molecule has 8 nitrogen and oxygen atoms in total. The van der Waals surface area contributed by atoms with Crippen LogP contribution in [0.25, 0.3) is 11.4 Å². The number of carbonyl (C=O) groups is 1. The molecule has 1 saturated heterocycles. The molecule has 0 aliphatic carbocycles. The lowest BCUT2D eigenvalue weighted by molar-refractivity contribution is -0.120. The van der Waals surface area contributed by atoms with E-state index in [0.717, 1.165) is 12.0 Å².